The third-order valence-corrected chi connectivity index (χ3v) is 2.81. The first-order chi connectivity index (χ1) is 9.29. The lowest BCUT2D eigenvalue weighted by molar-refractivity contribution is 0.546. The fourth-order valence-corrected chi connectivity index (χ4v) is 1.76. The van der Waals surface area contributed by atoms with Crippen LogP contribution in [0, 0.1) is 11.6 Å². The van der Waals surface area contributed by atoms with Crippen LogP contribution in [0.4, 0.5) is 14.6 Å². The van der Waals surface area contributed by atoms with E-state index in [0.717, 1.165) is 6.07 Å². The van der Waals surface area contributed by atoms with Gasteiger partial charge in [0.25, 0.3) is 0 Å². The van der Waals surface area contributed by atoms with Gasteiger partial charge in [-0.15, -0.1) is 0 Å². The molecule has 0 amide bonds. The smallest absolute Gasteiger partial charge is 0.136 e. The maximum Gasteiger partial charge on any atom is 0.136 e. The molecule has 0 aliphatic rings. The number of benzene rings is 1. The fraction of sp³-hybridized carbons (Fsp3) is 0.333. The Bertz CT molecular complexity index is 613. The van der Waals surface area contributed by atoms with Crippen molar-refractivity contribution in [3.05, 3.63) is 41.7 Å². The molecule has 0 unspecified atom stereocenters. The van der Waals surface area contributed by atoms with E-state index < -0.39 is 11.6 Å². The molecule has 20 heavy (non-hydrogen) atoms. The van der Waals surface area contributed by atoms with Gasteiger partial charge in [0, 0.05) is 30.2 Å². The van der Waals surface area contributed by atoms with Crippen LogP contribution in [0.25, 0.3) is 11.3 Å². The molecule has 0 radical (unpaired) electrons. The van der Waals surface area contributed by atoms with Gasteiger partial charge in [-0.05, 0) is 12.1 Å². The maximum absolute atomic E-state index is 13.3. The van der Waals surface area contributed by atoms with Crippen LogP contribution in [0.2, 0.25) is 0 Å². The van der Waals surface area contributed by atoms with Crippen molar-refractivity contribution in [2.75, 3.05) is 12.4 Å². The molecule has 106 valence electrons. The molecule has 2 rings (SSSR count). The van der Waals surface area contributed by atoms with E-state index in [1.165, 1.54) is 12.1 Å². The van der Waals surface area contributed by atoms with Crippen LogP contribution >= 0.6 is 0 Å². The maximum atomic E-state index is 13.3. The second-order valence-electron chi connectivity index (χ2n) is 5.62. The van der Waals surface area contributed by atoms with Crippen LogP contribution < -0.4 is 5.32 Å². The van der Waals surface area contributed by atoms with Gasteiger partial charge < -0.3 is 5.32 Å². The number of nitrogens with one attached hydrogen (secondary N) is 1. The number of halogens is 2. The summed E-state index contributed by atoms with van der Waals surface area (Å²) >= 11 is 0. The zero-order chi connectivity index (χ0) is 14.9. The molecule has 1 N–H and O–H groups in total. The third kappa shape index (κ3) is 3.10. The highest BCUT2D eigenvalue weighted by Crippen LogP contribution is 2.26. The van der Waals surface area contributed by atoms with Crippen molar-refractivity contribution in [3.63, 3.8) is 0 Å². The van der Waals surface area contributed by atoms with Gasteiger partial charge in [-0.25, -0.2) is 18.7 Å². The molecular weight excluding hydrogens is 260 g/mol. The molecule has 0 aliphatic carbocycles. The Kier molecular flexibility index (Phi) is 3.70. The van der Waals surface area contributed by atoms with Crippen molar-refractivity contribution in [3.8, 4) is 11.3 Å². The van der Waals surface area contributed by atoms with E-state index in [9.17, 15) is 8.78 Å². The zero-order valence-corrected chi connectivity index (χ0v) is 12.0. The number of nitrogens with zero attached hydrogens (tertiary/aromatic N) is 2. The minimum Gasteiger partial charge on any atom is -0.373 e. The predicted molar refractivity (Wildman–Crippen MR) is 75.6 cm³/mol. The van der Waals surface area contributed by atoms with Gasteiger partial charge in [-0.3, -0.25) is 0 Å². The molecular formula is C15H17F2N3. The van der Waals surface area contributed by atoms with E-state index in [-0.39, 0.29) is 5.41 Å². The molecule has 0 bridgehead atoms. The number of hydrogen-bond acceptors (Lipinski definition) is 3. The van der Waals surface area contributed by atoms with Crippen LogP contribution in [-0.2, 0) is 5.41 Å². The van der Waals surface area contributed by atoms with Gasteiger partial charge in [0.15, 0.2) is 0 Å². The first-order valence-electron chi connectivity index (χ1n) is 6.33. The summed E-state index contributed by atoms with van der Waals surface area (Å²) in [5, 5.41) is 2.94. The molecule has 0 fully saturated rings. The highest BCUT2D eigenvalue weighted by atomic mass is 19.1. The number of hydrogen-bond donors (Lipinski definition) is 1. The standard InChI is InChI=1S/C15H17F2N3/c1-15(2,3)14-19-12(8-13(18-4)20-14)9-5-10(16)7-11(17)6-9/h5-8H,1-4H3,(H,18,19,20). The Morgan fingerprint density at radius 3 is 2.05 bits per heavy atom. The van der Waals surface area contributed by atoms with E-state index in [2.05, 4.69) is 15.3 Å². The molecule has 5 heteroatoms. The van der Waals surface area contributed by atoms with Gasteiger partial charge in [-0.1, -0.05) is 20.8 Å². The Morgan fingerprint density at radius 1 is 0.950 bits per heavy atom. The highest BCUT2D eigenvalue weighted by Gasteiger charge is 2.19. The molecule has 0 saturated heterocycles. The molecule has 1 aromatic carbocycles. The van der Waals surface area contributed by atoms with E-state index in [4.69, 9.17) is 0 Å². The summed E-state index contributed by atoms with van der Waals surface area (Å²) in [6, 6.07) is 5.03. The summed E-state index contributed by atoms with van der Waals surface area (Å²) < 4.78 is 26.7. The fourth-order valence-electron chi connectivity index (χ4n) is 1.76. The zero-order valence-electron chi connectivity index (χ0n) is 12.0. The topological polar surface area (TPSA) is 37.8 Å². The molecule has 2 aromatic rings. The van der Waals surface area contributed by atoms with Crippen molar-refractivity contribution in [1.29, 1.82) is 0 Å². The Hall–Kier alpha value is -2.04. The van der Waals surface area contributed by atoms with Crippen LogP contribution in [0.1, 0.15) is 26.6 Å². The van der Waals surface area contributed by atoms with Crippen LogP contribution in [0.15, 0.2) is 24.3 Å². The van der Waals surface area contributed by atoms with Gasteiger partial charge in [0.1, 0.15) is 23.3 Å². The first-order valence-corrected chi connectivity index (χ1v) is 6.33. The normalized spacial score (nSPS) is 11.5. The molecule has 0 saturated carbocycles. The summed E-state index contributed by atoms with van der Waals surface area (Å²) in [7, 11) is 1.74. The molecule has 1 aromatic heterocycles. The number of aromatic nitrogens is 2. The summed E-state index contributed by atoms with van der Waals surface area (Å²) in [6.45, 7) is 5.95. The minimum absolute atomic E-state index is 0.256. The van der Waals surface area contributed by atoms with Crippen LogP contribution in [-0.4, -0.2) is 17.0 Å². The van der Waals surface area contributed by atoms with Gasteiger partial charge in [0.05, 0.1) is 5.69 Å². The molecule has 3 nitrogen and oxygen atoms in total. The van der Waals surface area contributed by atoms with Gasteiger partial charge >= 0.3 is 0 Å². The van der Waals surface area contributed by atoms with Crippen molar-refractivity contribution in [2.45, 2.75) is 26.2 Å². The Morgan fingerprint density at radius 2 is 1.55 bits per heavy atom. The largest absolute Gasteiger partial charge is 0.373 e. The van der Waals surface area contributed by atoms with E-state index in [1.54, 1.807) is 13.1 Å². The third-order valence-electron chi connectivity index (χ3n) is 2.81. The van der Waals surface area contributed by atoms with Crippen molar-refractivity contribution < 1.29 is 8.78 Å². The summed E-state index contributed by atoms with van der Waals surface area (Å²) in [6.07, 6.45) is 0. The van der Waals surface area contributed by atoms with Gasteiger partial charge in [-0.2, -0.15) is 0 Å². The minimum atomic E-state index is -0.623. The second kappa shape index (κ2) is 5.15. The van der Waals surface area contributed by atoms with Gasteiger partial charge in [0.2, 0.25) is 0 Å². The second-order valence-corrected chi connectivity index (χ2v) is 5.62. The van der Waals surface area contributed by atoms with E-state index in [0.29, 0.717) is 22.9 Å². The van der Waals surface area contributed by atoms with Crippen LogP contribution in [0.5, 0.6) is 0 Å². The Balaban J connectivity index is 2.61. The number of rotatable bonds is 2. The highest BCUT2D eigenvalue weighted by molar-refractivity contribution is 5.62. The summed E-state index contributed by atoms with van der Waals surface area (Å²) in [4.78, 5) is 8.80. The molecule has 0 aliphatic heterocycles. The average molecular weight is 277 g/mol. The quantitative estimate of drug-likeness (QED) is 0.908. The van der Waals surface area contributed by atoms with Crippen molar-refractivity contribution in [1.82, 2.24) is 9.97 Å². The lowest BCUT2D eigenvalue weighted by Gasteiger charge is -2.18. The SMILES string of the molecule is CNc1cc(-c2cc(F)cc(F)c2)nc(C(C)(C)C)n1. The van der Waals surface area contributed by atoms with E-state index in [1.807, 2.05) is 20.8 Å². The first kappa shape index (κ1) is 14.4. The van der Waals surface area contributed by atoms with Crippen molar-refractivity contribution >= 4 is 5.82 Å². The van der Waals surface area contributed by atoms with Crippen LogP contribution in [0.3, 0.4) is 0 Å². The van der Waals surface area contributed by atoms with Crippen molar-refractivity contribution in [2.24, 2.45) is 0 Å². The lowest BCUT2D eigenvalue weighted by atomic mass is 9.95. The predicted octanol–water partition coefficient (Wildman–Crippen LogP) is 3.76. The summed E-state index contributed by atoms with van der Waals surface area (Å²) in [5.41, 5.74) is 0.632. The number of anilines is 1. The molecule has 0 spiro atoms. The lowest BCUT2D eigenvalue weighted by Crippen LogP contribution is -2.17. The van der Waals surface area contributed by atoms with E-state index >= 15 is 0 Å². The Labute approximate surface area is 117 Å². The monoisotopic (exact) mass is 277 g/mol. The molecule has 1 heterocycles. The summed E-state index contributed by atoms with van der Waals surface area (Å²) in [5.74, 6) is -0.0162. The average Bonchev–Trinajstić information content (AvgIpc) is 2.36. The molecule has 0 atom stereocenters.